The van der Waals surface area contributed by atoms with Crippen molar-refractivity contribution < 1.29 is 22.7 Å². The predicted molar refractivity (Wildman–Crippen MR) is 71.4 cm³/mol. The zero-order valence-electron chi connectivity index (χ0n) is 11.5. The van der Waals surface area contributed by atoms with Gasteiger partial charge in [-0.25, -0.2) is 13.2 Å². The molecule has 0 aliphatic carbocycles. The van der Waals surface area contributed by atoms with Gasteiger partial charge in [-0.15, -0.1) is 0 Å². The lowest BCUT2D eigenvalue weighted by Gasteiger charge is -2.19. The molecular formula is C12H18N2O5S. The first-order valence-corrected chi connectivity index (χ1v) is 7.84. The summed E-state index contributed by atoms with van der Waals surface area (Å²) in [7, 11) is -3.85. The van der Waals surface area contributed by atoms with Crippen LogP contribution in [-0.2, 0) is 10.0 Å². The highest BCUT2D eigenvalue weighted by molar-refractivity contribution is 7.89. The summed E-state index contributed by atoms with van der Waals surface area (Å²) < 4.78 is 31.9. The van der Waals surface area contributed by atoms with Crippen LogP contribution >= 0.6 is 0 Å². The minimum atomic E-state index is -3.85. The van der Waals surface area contributed by atoms with Crippen molar-refractivity contribution in [3.05, 3.63) is 17.1 Å². The van der Waals surface area contributed by atoms with Crippen LogP contribution in [-0.4, -0.2) is 50.0 Å². The van der Waals surface area contributed by atoms with Crippen LogP contribution in [0.25, 0.3) is 0 Å². The largest absolute Gasteiger partial charge is 0.478 e. The third kappa shape index (κ3) is 2.58. The van der Waals surface area contributed by atoms with Gasteiger partial charge >= 0.3 is 5.97 Å². The van der Waals surface area contributed by atoms with Crippen molar-refractivity contribution in [3.8, 4) is 0 Å². The van der Waals surface area contributed by atoms with Gasteiger partial charge in [0.15, 0.2) is 0 Å². The Balaban J connectivity index is 2.51. The monoisotopic (exact) mass is 302 g/mol. The topological polar surface area (TPSA) is 99.9 Å². The van der Waals surface area contributed by atoms with Crippen molar-refractivity contribution in [1.29, 1.82) is 0 Å². The highest BCUT2D eigenvalue weighted by atomic mass is 32.2. The minimum Gasteiger partial charge on any atom is -0.478 e. The van der Waals surface area contributed by atoms with E-state index in [1.807, 2.05) is 0 Å². The molecule has 0 atom stereocenters. The predicted octanol–water partition coefficient (Wildman–Crippen LogP) is 0.579. The Bertz CT molecular complexity index is 612. The molecule has 0 unspecified atom stereocenters. The van der Waals surface area contributed by atoms with Gasteiger partial charge < -0.3 is 14.8 Å². The number of carboxylic acid groups (broad SMARTS) is 1. The molecule has 1 aromatic rings. The van der Waals surface area contributed by atoms with Crippen molar-refractivity contribution in [2.24, 2.45) is 0 Å². The molecule has 2 rings (SSSR count). The van der Waals surface area contributed by atoms with Crippen molar-refractivity contribution in [1.82, 2.24) is 9.62 Å². The van der Waals surface area contributed by atoms with E-state index in [1.165, 1.54) is 18.2 Å². The molecule has 0 spiro atoms. The molecule has 0 amide bonds. The van der Waals surface area contributed by atoms with Crippen LogP contribution in [0.2, 0.25) is 0 Å². The molecular weight excluding hydrogens is 284 g/mol. The summed E-state index contributed by atoms with van der Waals surface area (Å²) >= 11 is 0. The van der Waals surface area contributed by atoms with Gasteiger partial charge in [-0.3, -0.25) is 0 Å². The number of aryl methyl sites for hydroxylation is 2. The molecule has 1 fully saturated rings. The lowest BCUT2D eigenvalue weighted by Crippen LogP contribution is -2.35. The fraction of sp³-hybridized carbons (Fsp3) is 0.583. The number of hydrogen-bond acceptors (Lipinski definition) is 5. The molecule has 7 nitrogen and oxygen atoms in total. The number of carbonyl (C=O) groups is 1. The maximum absolute atomic E-state index is 12.7. The second kappa shape index (κ2) is 5.55. The standard InChI is InChI=1S/C12H18N2O5S/c1-8-10(12(15)16)11(9(2)19-8)20(17,18)14-6-3-4-13-5-7-14/h13H,3-7H2,1-2H3,(H,15,16). The molecule has 20 heavy (non-hydrogen) atoms. The van der Waals surface area contributed by atoms with E-state index < -0.39 is 16.0 Å². The average molecular weight is 302 g/mol. The average Bonchev–Trinajstić information content (AvgIpc) is 2.57. The number of rotatable bonds is 3. The molecule has 0 radical (unpaired) electrons. The summed E-state index contributed by atoms with van der Waals surface area (Å²) in [6, 6.07) is 0. The van der Waals surface area contributed by atoms with Crippen LogP contribution in [0, 0.1) is 13.8 Å². The number of nitrogens with one attached hydrogen (secondary N) is 1. The van der Waals surface area contributed by atoms with Crippen molar-refractivity contribution in [2.75, 3.05) is 26.2 Å². The third-order valence-corrected chi connectivity index (χ3v) is 5.37. The highest BCUT2D eigenvalue weighted by Crippen LogP contribution is 2.29. The van der Waals surface area contributed by atoms with Gasteiger partial charge in [-0.2, -0.15) is 4.31 Å². The zero-order valence-corrected chi connectivity index (χ0v) is 12.3. The smallest absolute Gasteiger partial charge is 0.340 e. The van der Waals surface area contributed by atoms with E-state index >= 15 is 0 Å². The number of nitrogens with zero attached hydrogens (tertiary/aromatic N) is 1. The number of hydrogen-bond donors (Lipinski definition) is 2. The fourth-order valence-electron chi connectivity index (χ4n) is 2.41. The molecule has 0 aromatic carbocycles. The molecule has 8 heteroatoms. The van der Waals surface area contributed by atoms with Crippen LogP contribution in [0.5, 0.6) is 0 Å². The van der Waals surface area contributed by atoms with E-state index in [2.05, 4.69) is 5.32 Å². The van der Waals surface area contributed by atoms with Gasteiger partial charge in [0.2, 0.25) is 10.0 Å². The summed E-state index contributed by atoms with van der Waals surface area (Å²) in [5.74, 6) is -1.05. The highest BCUT2D eigenvalue weighted by Gasteiger charge is 2.35. The Morgan fingerprint density at radius 2 is 1.95 bits per heavy atom. The lowest BCUT2D eigenvalue weighted by atomic mass is 10.2. The van der Waals surface area contributed by atoms with E-state index in [9.17, 15) is 18.3 Å². The maximum Gasteiger partial charge on any atom is 0.340 e. The fourth-order valence-corrected chi connectivity index (χ4v) is 4.26. The van der Waals surface area contributed by atoms with Crippen LogP contribution in [0.1, 0.15) is 28.3 Å². The zero-order chi connectivity index (χ0) is 14.9. The molecule has 112 valence electrons. The van der Waals surface area contributed by atoms with E-state index in [4.69, 9.17) is 4.42 Å². The molecule has 1 saturated heterocycles. The first kappa shape index (κ1) is 15.0. The molecule has 1 aliphatic rings. The van der Waals surface area contributed by atoms with Crippen molar-refractivity contribution >= 4 is 16.0 Å². The molecule has 0 saturated carbocycles. The van der Waals surface area contributed by atoms with Gasteiger partial charge in [0.1, 0.15) is 22.0 Å². The molecule has 2 heterocycles. The lowest BCUT2D eigenvalue weighted by molar-refractivity contribution is 0.0691. The Morgan fingerprint density at radius 1 is 1.25 bits per heavy atom. The number of furan rings is 1. The molecule has 0 bridgehead atoms. The van der Waals surface area contributed by atoms with E-state index in [-0.39, 0.29) is 22.0 Å². The number of aromatic carboxylic acids is 1. The first-order valence-electron chi connectivity index (χ1n) is 6.40. The molecule has 1 aliphatic heterocycles. The van der Waals surface area contributed by atoms with Gasteiger partial charge in [0.05, 0.1) is 0 Å². The van der Waals surface area contributed by atoms with Gasteiger partial charge in [-0.1, -0.05) is 0 Å². The summed E-state index contributed by atoms with van der Waals surface area (Å²) in [5.41, 5.74) is -0.264. The quantitative estimate of drug-likeness (QED) is 0.847. The maximum atomic E-state index is 12.7. The van der Waals surface area contributed by atoms with Gasteiger partial charge in [-0.05, 0) is 26.8 Å². The normalized spacial score (nSPS) is 17.9. The Labute approximate surface area is 117 Å². The first-order chi connectivity index (χ1) is 9.35. The molecule has 1 aromatic heterocycles. The van der Waals surface area contributed by atoms with E-state index in [0.29, 0.717) is 26.1 Å². The van der Waals surface area contributed by atoms with Gasteiger partial charge in [0, 0.05) is 19.6 Å². The Morgan fingerprint density at radius 3 is 2.60 bits per heavy atom. The van der Waals surface area contributed by atoms with Crippen LogP contribution in [0.3, 0.4) is 0 Å². The minimum absolute atomic E-state index is 0.113. The van der Waals surface area contributed by atoms with Gasteiger partial charge in [0.25, 0.3) is 0 Å². The second-order valence-electron chi connectivity index (χ2n) is 4.73. The number of sulfonamides is 1. The second-order valence-corrected chi connectivity index (χ2v) is 6.61. The van der Waals surface area contributed by atoms with E-state index in [0.717, 1.165) is 6.54 Å². The summed E-state index contributed by atoms with van der Waals surface area (Å²) in [6.45, 7) is 4.93. The summed E-state index contributed by atoms with van der Waals surface area (Å²) in [4.78, 5) is 11.1. The third-order valence-electron chi connectivity index (χ3n) is 3.32. The van der Waals surface area contributed by atoms with Crippen LogP contribution in [0.4, 0.5) is 0 Å². The van der Waals surface area contributed by atoms with Crippen LogP contribution < -0.4 is 5.32 Å². The van der Waals surface area contributed by atoms with Crippen molar-refractivity contribution in [3.63, 3.8) is 0 Å². The summed E-state index contributed by atoms with van der Waals surface area (Å²) in [6.07, 6.45) is 0.692. The van der Waals surface area contributed by atoms with Crippen molar-refractivity contribution in [2.45, 2.75) is 25.2 Å². The Hall–Kier alpha value is -1.38. The van der Waals surface area contributed by atoms with E-state index in [1.54, 1.807) is 0 Å². The molecule has 2 N–H and O–H groups in total. The summed E-state index contributed by atoms with van der Waals surface area (Å²) in [5, 5.41) is 12.3. The SMILES string of the molecule is Cc1oc(C)c(S(=O)(=O)N2CCCNCC2)c1C(=O)O. The number of carboxylic acids is 1. The van der Waals surface area contributed by atoms with Crippen LogP contribution in [0.15, 0.2) is 9.31 Å². The Kier molecular flexibility index (Phi) is 4.17.